The van der Waals surface area contributed by atoms with Gasteiger partial charge in [-0.3, -0.25) is 9.79 Å². The van der Waals surface area contributed by atoms with E-state index in [9.17, 15) is 4.79 Å². The van der Waals surface area contributed by atoms with E-state index in [0.717, 1.165) is 56.8 Å². The minimum Gasteiger partial charge on any atom is -0.359 e. The summed E-state index contributed by atoms with van der Waals surface area (Å²) in [5, 5.41) is 6.20. The van der Waals surface area contributed by atoms with E-state index in [2.05, 4.69) is 29.4 Å². The predicted molar refractivity (Wildman–Crippen MR) is 100 cm³/mol. The fraction of sp³-hybridized carbons (Fsp3) is 0.895. The third kappa shape index (κ3) is 5.99. The number of nitrogens with one attached hydrogen (secondary N) is 2. The van der Waals surface area contributed by atoms with Gasteiger partial charge in [-0.1, -0.05) is 19.8 Å². The molecule has 1 aliphatic carbocycles. The summed E-state index contributed by atoms with van der Waals surface area (Å²) in [6.45, 7) is 8.40. The van der Waals surface area contributed by atoms with E-state index in [1.54, 1.807) is 7.05 Å². The zero-order valence-corrected chi connectivity index (χ0v) is 15.8. The lowest BCUT2D eigenvalue weighted by molar-refractivity contribution is -0.121. The molecule has 0 spiro atoms. The summed E-state index contributed by atoms with van der Waals surface area (Å²) in [4.78, 5) is 18.9. The van der Waals surface area contributed by atoms with Crippen molar-refractivity contribution in [3.63, 3.8) is 0 Å². The van der Waals surface area contributed by atoms with Gasteiger partial charge in [0.2, 0.25) is 5.91 Å². The standard InChI is InChI=1S/C19H36N4O/c1-4-21-19(22-14-17-7-5-6-15(2)12-17)23-10-8-16(9-11-23)13-18(24)20-3/h15-17H,4-14H2,1-3H3,(H,20,24)(H,21,22). The molecule has 1 saturated carbocycles. The van der Waals surface area contributed by atoms with Gasteiger partial charge < -0.3 is 15.5 Å². The maximum Gasteiger partial charge on any atom is 0.220 e. The first-order valence-electron chi connectivity index (χ1n) is 9.86. The van der Waals surface area contributed by atoms with E-state index < -0.39 is 0 Å². The van der Waals surface area contributed by atoms with E-state index >= 15 is 0 Å². The molecule has 138 valence electrons. The highest BCUT2D eigenvalue weighted by atomic mass is 16.1. The normalized spacial score (nSPS) is 26.3. The number of carbonyl (C=O) groups is 1. The molecule has 0 aromatic rings. The Morgan fingerprint density at radius 2 is 1.92 bits per heavy atom. The maximum absolute atomic E-state index is 11.5. The lowest BCUT2D eigenvalue weighted by Crippen LogP contribution is -2.46. The van der Waals surface area contributed by atoms with Crippen molar-refractivity contribution in [1.82, 2.24) is 15.5 Å². The van der Waals surface area contributed by atoms with Crippen LogP contribution in [0.5, 0.6) is 0 Å². The van der Waals surface area contributed by atoms with Crippen LogP contribution in [0.1, 0.15) is 58.8 Å². The highest BCUT2D eigenvalue weighted by Gasteiger charge is 2.24. The molecule has 5 nitrogen and oxygen atoms in total. The monoisotopic (exact) mass is 336 g/mol. The van der Waals surface area contributed by atoms with Gasteiger partial charge in [-0.15, -0.1) is 0 Å². The fourth-order valence-electron chi connectivity index (χ4n) is 4.08. The van der Waals surface area contributed by atoms with Crippen molar-refractivity contribution in [2.24, 2.45) is 22.7 Å². The van der Waals surface area contributed by atoms with Crippen molar-refractivity contribution in [2.75, 3.05) is 33.2 Å². The smallest absolute Gasteiger partial charge is 0.220 e. The molecule has 24 heavy (non-hydrogen) atoms. The van der Waals surface area contributed by atoms with Crippen LogP contribution in [0.25, 0.3) is 0 Å². The largest absolute Gasteiger partial charge is 0.359 e. The Balaban J connectivity index is 1.84. The Bertz CT molecular complexity index is 416. The Morgan fingerprint density at radius 3 is 2.54 bits per heavy atom. The molecule has 1 saturated heterocycles. The zero-order chi connectivity index (χ0) is 17.4. The zero-order valence-electron chi connectivity index (χ0n) is 15.8. The molecule has 2 rings (SSSR count). The second-order valence-corrected chi connectivity index (χ2v) is 7.64. The molecule has 2 unspecified atom stereocenters. The van der Waals surface area contributed by atoms with Crippen LogP contribution < -0.4 is 10.6 Å². The number of likely N-dealkylation sites (tertiary alicyclic amines) is 1. The second kappa shape index (κ2) is 9.90. The van der Waals surface area contributed by atoms with Crippen LogP contribution in [0, 0.1) is 17.8 Å². The molecule has 5 heteroatoms. The van der Waals surface area contributed by atoms with Crippen LogP contribution in [0.3, 0.4) is 0 Å². The third-order valence-electron chi connectivity index (χ3n) is 5.55. The molecular weight excluding hydrogens is 300 g/mol. The summed E-state index contributed by atoms with van der Waals surface area (Å²) >= 11 is 0. The summed E-state index contributed by atoms with van der Waals surface area (Å²) < 4.78 is 0. The molecular formula is C19H36N4O. The van der Waals surface area contributed by atoms with E-state index in [0.29, 0.717) is 12.3 Å². The van der Waals surface area contributed by atoms with Crippen LogP contribution in [-0.2, 0) is 4.79 Å². The fourth-order valence-corrected chi connectivity index (χ4v) is 4.08. The minimum absolute atomic E-state index is 0.167. The Hall–Kier alpha value is -1.26. The molecule has 2 aliphatic rings. The summed E-state index contributed by atoms with van der Waals surface area (Å²) in [6.07, 6.45) is 8.25. The van der Waals surface area contributed by atoms with E-state index in [1.165, 1.54) is 25.7 Å². The van der Waals surface area contributed by atoms with Crippen LogP contribution in [0.2, 0.25) is 0 Å². The number of aliphatic imine (C=N–C) groups is 1. The van der Waals surface area contributed by atoms with Gasteiger partial charge in [-0.25, -0.2) is 0 Å². The SMILES string of the molecule is CCNC(=NCC1CCCC(C)C1)N1CCC(CC(=O)NC)CC1. The number of nitrogens with zero attached hydrogens (tertiary/aromatic N) is 2. The van der Waals surface area contributed by atoms with Crippen LogP contribution in [0.4, 0.5) is 0 Å². The van der Waals surface area contributed by atoms with Crippen LogP contribution in [0.15, 0.2) is 4.99 Å². The number of guanidine groups is 1. The topological polar surface area (TPSA) is 56.7 Å². The van der Waals surface area contributed by atoms with Gasteiger partial charge in [0.05, 0.1) is 0 Å². The first kappa shape index (κ1) is 19.1. The first-order valence-corrected chi connectivity index (χ1v) is 9.86. The van der Waals surface area contributed by atoms with Crippen molar-refractivity contribution in [3.05, 3.63) is 0 Å². The number of hydrogen-bond acceptors (Lipinski definition) is 2. The maximum atomic E-state index is 11.5. The highest BCUT2D eigenvalue weighted by molar-refractivity contribution is 5.80. The number of rotatable bonds is 5. The highest BCUT2D eigenvalue weighted by Crippen LogP contribution is 2.28. The van der Waals surface area contributed by atoms with Crippen molar-refractivity contribution >= 4 is 11.9 Å². The number of hydrogen-bond donors (Lipinski definition) is 2. The molecule has 0 radical (unpaired) electrons. The number of piperidine rings is 1. The Labute approximate surface area is 147 Å². The van der Waals surface area contributed by atoms with Gasteiger partial charge in [0.1, 0.15) is 0 Å². The van der Waals surface area contributed by atoms with Gasteiger partial charge in [0.25, 0.3) is 0 Å². The quantitative estimate of drug-likeness (QED) is 0.599. The second-order valence-electron chi connectivity index (χ2n) is 7.64. The Morgan fingerprint density at radius 1 is 1.17 bits per heavy atom. The Kier molecular flexibility index (Phi) is 7.86. The van der Waals surface area contributed by atoms with Gasteiger partial charge in [0.15, 0.2) is 5.96 Å². The van der Waals surface area contributed by atoms with Crippen LogP contribution >= 0.6 is 0 Å². The van der Waals surface area contributed by atoms with Gasteiger partial charge in [-0.05, 0) is 50.4 Å². The number of carbonyl (C=O) groups excluding carboxylic acids is 1. The van der Waals surface area contributed by atoms with Crippen molar-refractivity contribution < 1.29 is 4.79 Å². The van der Waals surface area contributed by atoms with Gasteiger partial charge in [0, 0.05) is 39.6 Å². The van der Waals surface area contributed by atoms with Crippen molar-refractivity contribution in [3.8, 4) is 0 Å². The van der Waals surface area contributed by atoms with Gasteiger partial charge >= 0.3 is 0 Å². The van der Waals surface area contributed by atoms with Crippen molar-refractivity contribution in [2.45, 2.75) is 58.8 Å². The predicted octanol–water partition coefficient (Wildman–Crippen LogP) is 2.63. The molecule has 1 amide bonds. The summed E-state index contributed by atoms with van der Waals surface area (Å²) in [6, 6.07) is 0. The lowest BCUT2D eigenvalue weighted by atomic mass is 9.82. The average Bonchev–Trinajstić information content (AvgIpc) is 2.59. The van der Waals surface area contributed by atoms with E-state index in [-0.39, 0.29) is 5.91 Å². The molecule has 2 N–H and O–H groups in total. The summed E-state index contributed by atoms with van der Waals surface area (Å²) in [7, 11) is 1.72. The van der Waals surface area contributed by atoms with E-state index in [4.69, 9.17) is 4.99 Å². The molecule has 0 aromatic heterocycles. The first-order chi connectivity index (χ1) is 11.6. The minimum atomic E-state index is 0.167. The third-order valence-corrected chi connectivity index (χ3v) is 5.55. The van der Waals surface area contributed by atoms with Crippen LogP contribution in [-0.4, -0.2) is 50.0 Å². The van der Waals surface area contributed by atoms with Gasteiger partial charge in [-0.2, -0.15) is 0 Å². The molecule has 0 aromatic carbocycles. The number of amides is 1. The molecule has 1 heterocycles. The average molecular weight is 337 g/mol. The van der Waals surface area contributed by atoms with Crippen molar-refractivity contribution in [1.29, 1.82) is 0 Å². The summed E-state index contributed by atoms with van der Waals surface area (Å²) in [5.41, 5.74) is 0. The molecule has 1 aliphatic heterocycles. The van der Waals surface area contributed by atoms with E-state index in [1.807, 2.05) is 0 Å². The summed E-state index contributed by atoms with van der Waals surface area (Å²) in [5.74, 6) is 3.38. The molecule has 2 atom stereocenters. The molecule has 2 fully saturated rings. The molecule has 0 bridgehead atoms. The lowest BCUT2D eigenvalue weighted by Gasteiger charge is -2.34.